The second kappa shape index (κ2) is 7.19. The second-order valence-electron chi connectivity index (χ2n) is 5.64. The van der Waals surface area contributed by atoms with E-state index in [4.69, 9.17) is 4.74 Å². The van der Waals surface area contributed by atoms with Crippen molar-refractivity contribution in [1.29, 1.82) is 0 Å². The van der Waals surface area contributed by atoms with Crippen LogP contribution in [0.1, 0.15) is 5.56 Å². The van der Waals surface area contributed by atoms with Gasteiger partial charge in [-0.25, -0.2) is 12.8 Å². The van der Waals surface area contributed by atoms with E-state index in [1.807, 2.05) is 18.2 Å². The van der Waals surface area contributed by atoms with Gasteiger partial charge in [-0.05, 0) is 35.9 Å². The predicted molar refractivity (Wildman–Crippen MR) is 92.1 cm³/mol. The number of benzene rings is 2. The summed E-state index contributed by atoms with van der Waals surface area (Å²) in [5.41, 5.74) is 2.01. The maximum atomic E-state index is 12.9. The minimum Gasteiger partial charge on any atom is -0.378 e. The standard InChI is InChI=1S/C17H19FN2O3S/c18-15-6-4-14(5-7-15)13-24(21,22)19-16-2-1-3-17(12-16)20-8-10-23-11-9-20/h1-7,12,19H,8-11,13H2. The van der Waals surface area contributed by atoms with Gasteiger partial charge in [0.25, 0.3) is 0 Å². The van der Waals surface area contributed by atoms with Crippen LogP contribution in [0.2, 0.25) is 0 Å². The molecule has 2 aromatic rings. The van der Waals surface area contributed by atoms with Gasteiger partial charge in [-0.1, -0.05) is 18.2 Å². The number of rotatable bonds is 5. The fraction of sp³-hybridized carbons (Fsp3) is 0.294. The number of nitrogens with one attached hydrogen (secondary N) is 1. The Kier molecular flexibility index (Phi) is 5.01. The SMILES string of the molecule is O=S(=O)(Cc1ccc(F)cc1)Nc1cccc(N2CCOCC2)c1. The summed E-state index contributed by atoms with van der Waals surface area (Å²) in [6.07, 6.45) is 0. The van der Waals surface area contributed by atoms with Gasteiger partial charge in [-0.3, -0.25) is 4.72 Å². The van der Waals surface area contributed by atoms with Crippen LogP contribution < -0.4 is 9.62 Å². The molecule has 0 aromatic heterocycles. The van der Waals surface area contributed by atoms with Crippen LogP contribution in [-0.4, -0.2) is 34.7 Å². The Labute approximate surface area is 141 Å². The Hall–Kier alpha value is -2.12. The van der Waals surface area contributed by atoms with Gasteiger partial charge < -0.3 is 9.64 Å². The Bertz CT molecular complexity index is 788. The topological polar surface area (TPSA) is 58.6 Å². The van der Waals surface area contributed by atoms with Gasteiger partial charge in [-0.15, -0.1) is 0 Å². The molecule has 0 unspecified atom stereocenters. The van der Waals surface area contributed by atoms with Crippen molar-refractivity contribution in [2.75, 3.05) is 35.9 Å². The molecule has 1 heterocycles. The highest BCUT2D eigenvalue weighted by Crippen LogP contribution is 2.22. The lowest BCUT2D eigenvalue weighted by atomic mass is 10.2. The summed E-state index contributed by atoms with van der Waals surface area (Å²) in [5, 5.41) is 0. The van der Waals surface area contributed by atoms with Crippen LogP contribution in [0.3, 0.4) is 0 Å². The molecule has 5 nitrogen and oxygen atoms in total. The van der Waals surface area contributed by atoms with Crippen LogP contribution in [0.25, 0.3) is 0 Å². The summed E-state index contributed by atoms with van der Waals surface area (Å²) >= 11 is 0. The lowest BCUT2D eigenvalue weighted by molar-refractivity contribution is 0.122. The molecule has 0 atom stereocenters. The van der Waals surface area contributed by atoms with Crippen molar-refractivity contribution >= 4 is 21.4 Å². The van der Waals surface area contributed by atoms with E-state index < -0.39 is 10.0 Å². The maximum Gasteiger partial charge on any atom is 0.236 e. The van der Waals surface area contributed by atoms with Crippen LogP contribution in [-0.2, 0) is 20.5 Å². The summed E-state index contributed by atoms with van der Waals surface area (Å²) in [6, 6.07) is 12.7. The van der Waals surface area contributed by atoms with E-state index in [0.717, 1.165) is 18.8 Å². The summed E-state index contributed by atoms with van der Waals surface area (Å²) in [7, 11) is -3.56. The first-order valence-corrected chi connectivity index (χ1v) is 9.35. The molecule has 1 saturated heterocycles. The van der Waals surface area contributed by atoms with Crippen molar-refractivity contribution in [3.8, 4) is 0 Å². The lowest BCUT2D eigenvalue weighted by Gasteiger charge is -2.29. The third-order valence-corrected chi connectivity index (χ3v) is 5.03. The predicted octanol–water partition coefficient (Wildman–Crippen LogP) is 2.60. The minimum absolute atomic E-state index is 0.199. The summed E-state index contributed by atoms with van der Waals surface area (Å²) in [4.78, 5) is 2.15. The smallest absolute Gasteiger partial charge is 0.236 e. The Morgan fingerprint density at radius 1 is 1.08 bits per heavy atom. The van der Waals surface area contributed by atoms with Crippen LogP contribution in [0.15, 0.2) is 48.5 Å². The van der Waals surface area contributed by atoms with Crippen LogP contribution in [0.5, 0.6) is 0 Å². The van der Waals surface area contributed by atoms with Crippen molar-refractivity contribution < 1.29 is 17.5 Å². The molecular formula is C17H19FN2O3S. The van der Waals surface area contributed by atoms with Gasteiger partial charge in [-0.2, -0.15) is 0 Å². The fourth-order valence-corrected chi connectivity index (χ4v) is 3.79. The number of nitrogens with zero attached hydrogens (tertiary/aromatic N) is 1. The summed E-state index contributed by atoms with van der Waals surface area (Å²) in [5.74, 6) is -0.586. The fourth-order valence-electron chi connectivity index (χ4n) is 2.60. The first-order chi connectivity index (χ1) is 11.5. The molecule has 7 heteroatoms. The first kappa shape index (κ1) is 16.7. The minimum atomic E-state index is -3.56. The molecule has 128 valence electrons. The Morgan fingerprint density at radius 2 is 1.79 bits per heavy atom. The molecule has 3 rings (SSSR count). The second-order valence-corrected chi connectivity index (χ2v) is 7.36. The summed E-state index contributed by atoms with van der Waals surface area (Å²) < 4.78 is 45.4. The molecule has 0 radical (unpaired) electrons. The molecule has 0 aliphatic carbocycles. The van der Waals surface area contributed by atoms with Crippen LogP contribution in [0, 0.1) is 5.82 Å². The summed E-state index contributed by atoms with van der Waals surface area (Å²) in [6.45, 7) is 2.90. The van der Waals surface area contributed by atoms with Gasteiger partial charge in [0.05, 0.1) is 24.7 Å². The van der Waals surface area contributed by atoms with Crippen molar-refractivity contribution in [3.05, 3.63) is 59.9 Å². The number of halogens is 1. The average molecular weight is 350 g/mol. The number of hydrogen-bond acceptors (Lipinski definition) is 4. The highest BCUT2D eigenvalue weighted by atomic mass is 32.2. The van der Waals surface area contributed by atoms with E-state index in [-0.39, 0.29) is 11.6 Å². The highest BCUT2D eigenvalue weighted by molar-refractivity contribution is 7.91. The zero-order valence-electron chi connectivity index (χ0n) is 13.1. The number of anilines is 2. The molecule has 0 saturated carbocycles. The van der Waals surface area contributed by atoms with E-state index in [1.165, 1.54) is 24.3 Å². The Balaban J connectivity index is 1.71. The van der Waals surface area contributed by atoms with E-state index in [9.17, 15) is 12.8 Å². The third kappa shape index (κ3) is 4.46. The zero-order chi connectivity index (χ0) is 17.0. The van der Waals surface area contributed by atoms with Gasteiger partial charge >= 0.3 is 0 Å². The van der Waals surface area contributed by atoms with Crippen LogP contribution in [0.4, 0.5) is 15.8 Å². The number of ether oxygens (including phenoxy) is 1. The van der Waals surface area contributed by atoms with E-state index in [1.54, 1.807) is 6.07 Å². The number of sulfonamides is 1. The quantitative estimate of drug-likeness (QED) is 0.901. The van der Waals surface area contributed by atoms with Gasteiger partial charge in [0.2, 0.25) is 10.0 Å². The number of morpholine rings is 1. The van der Waals surface area contributed by atoms with E-state index >= 15 is 0 Å². The van der Waals surface area contributed by atoms with Crippen molar-refractivity contribution in [3.63, 3.8) is 0 Å². The monoisotopic (exact) mass is 350 g/mol. The van der Waals surface area contributed by atoms with E-state index in [2.05, 4.69) is 9.62 Å². The highest BCUT2D eigenvalue weighted by Gasteiger charge is 2.15. The molecule has 0 amide bonds. The number of hydrogen-bond donors (Lipinski definition) is 1. The molecule has 1 N–H and O–H groups in total. The van der Waals surface area contributed by atoms with Gasteiger partial charge in [0.15, 0.2) is 0 Å². The van der Waals surface area contributed by atoms with E-state index in [0.29, 0.717) is 24.5 Å². The Morgan fingerprint density at radius 3 is 2.50 bits per heavy atom. The van der Waals surface area contributed by atoms with Crippen molar-refractivity contribution in [1.82, 2.24) is 0 Å². The molecule has 24 heavy (non-hydrogen) atoms. The first-order valence-electron chi connectivity index (χ1n) is 7.69. The van der Waals surface area contributed by atoms with Crippen molar-refractivity contribution in [2.24, 2.45) is 0 Å². The van der Waals surface area contributed by atoms with Gasteiger partial charge in [0, 0.05) is 18.8 Å². The average Bonchev–Trinajstić information content (AvgIpc) is 2.57. The van der Waals surface area contributed by atoms with Crippen molar-refractivity contribution in [2.45, 2.75) is 5.75 Å². The van der Waals surface area contributed by atoms with Gasteiger partial charge in [0.1, 0.15) is 5.82 Å². The normalized spacial score (nSPS) is 15.3. The van der Waals surface area contributed by atoms with Crippen LogP contribution >= 0.6 is 0 Å². The molecular weight excluding hydrogens is 331 g/mol. The molecule has 1 aliphatic heterocycles. The third-order valence-electron chi connectivity index (χ3n) is 3.77. The molecule has 0 bridgehead atoms. The zero-order valence-corrected chi connectivity index (χ0v) is 13.9. The maximum absolute atomic E-state index is 12.9. The molecule has 1 aliphatic rings. The lowest BCUT2D eigenvalue weighted by Crippen LogP contribution is -2.36. The largest absolute Gasteiger partial charge is 0.378 e. The molecule has 2 aromatic carbocycles. The molecule has 0 spiro atoms. The molecule has 1 fully saturated rings.